The van der Waals surface area contributed by atoms with Crippen LogP contribution >= 0.6 is 11.3 Å². The van der Waals surface area contributed by atoms with Gasteiger partial charge in [0.05, 0.1) is 11.4 Å². The van der Waals surface area contributed by atoms with E-state index in [1.165, 1.54) is 70.0 Å². The van der Waals surface area contributed by atoms with Gasteiger partial charge in [-0.2, -0.15) is 0 Å². The fraction of sp³-hybridized carbons (Fsp3) is 0.0517. The Morgan fingerprint density at radius 1 is 0.397 bits per heavy atom. The highest BCUT2D eigenvalue weighted by Gasteiger charge is 2.38. The number of anilines is 3. The third-order valence-electron chi connectivity index (χ3n) is 12.7. The van der Waals surface area contributed by atoms with E-state index in [9.17, 15) is 0 Å². The highest BCUT2D eigenvalue weighted by Crippen LogP contribution is 2.55. The van der Waals surface area contributed by atoms with Crippen LogP contribution in [0.5, 0.6) is 0 Å². The summed E-state index contributed by atoms with van der Waals surface area (Å²) in [5.41, 5.74) is 13.8. The van der Waals surface area contributed by atoms with Crippen LogP contribution in [0.25, 0.3) is 87.4 Å². The molecule has 0 radical (unpaired) electrons. The third kappa shape index (κ3) is 6.15. The molecule has 5 heteroatoms. The van der Waals surface area contributed by atoms with Crippen molar-refractivity contribution in [3.63, 3.8) is 0 Å². The van der Waals surface area contributed by atoms with E-state index in [-0.39, 0.29) is 5.41 Å². The van der Waals surface area contributed by atoms with E-state index in [0.717, 1.165) is 28.1 Å². The summed E-state index contributed by atoms with van der Waals surface area (Å²) in [5.74, 6) is 1.96. The van der Waals surface area contributed by atoms with Gasteiger partial charge in [-0.3, -0.25) is 0 Å². The smallest absolute Gasteiger partial charge is 0.164 e. The summed E-state index contributed by atoms with van der Waals surface area (Å²) in [6, 6.07) is 73.9. The maximum Gasteiger partial charge on any atom is 0.164 e. The molecule has 0 amide bonds. The molecular weight excluding hydrogens is 785 g/mol. The highest BCUT2D eigenvalue weighted by atomic mass is 32.1. The lowest BCUT2D eigenvalue weighted by molar-refractivity contribution is 0.660. The summed E-state index contributed by atoms with van der Waals surface area (Å²) in [6.45, 7) is 4.71. The minimum Gasteiger partial charge on any atom is -0.309 e. The van der Waals surface area contributed by atoms with Gasteiger partial charge in [-0.15, -0.1) is 11.3 Å². The normalized spacial score (nSPS) is 12.7. The van der Waals surface area contributed by atoms with Crippen molar-refractivity contribution >= 4 is 59.3 Å². The lowest BCUT2D eigenvalue weighted by atomic mass is 9.82. The maximum atomic E-state index is 5.07. The number of hydrogen-bond acceptors (Lipinski definition) is 5. The molecule has 11 aromatic rings. The molecule has 9 aromatic carbocycles. The van der Waals surface area contributed by atoms with Crippen molar-refractivity contribution < 1.29 is 0 Å². The topological polar surface area (TPSA) is 41.9 Å². The van der Waals surface area contributed by atoms with Crippen LogP contribution in [0, 0.1) is 0 Å². The predicted molar refractivity (Wildman–Crippen MR) is 264 cm³/mol. The molecule has 2 heterocycles. The Labute approximate surface area is 370 Å². The molecule has 2 aromatic heterocycles. The van der Waals surface area contributed by atoms with E-state index < -0.39 is 0 Å². The summed E-state index contributed by atoms with van der Waals surface area (Å²) < 4.78 is 2.41. The molecule has 0 aliphatic heterocycles. The molecule has 1 aliphatic rings. The van der Waals surface area contributed by atoms with Gasteiger partial charge in [0, 0.05) is 58.9 Å². The van der Waals surface area contributed by atoms with Gasteiger partial charge in [0.15, 0.2) is 17.5 Å². The van der Waals surface area contributed by atoms with Gasteiger partial charge in [0.25, 0.3) is 0 Å². The van der Waals surface area contributed by atoms with Gasteiger partial charge in [-0.1, -0.05) is 190 Å². The summed E-state index contributed by atoms with van der Waals surface area (Å²) >= 11 is 1.82. The second kappa shape index (κ2) is 14.7. The first-order chi connectivity index (χ1) is 31.0. The van der Waals surface area contributed by atoms with Crippen molar-refractivity contribution in [3.8, 4) is 56.4 Å². The van der Waals surface area contributed by atoms with E-state index in [0.29, 0.717) is 17.5 Å². The van der Waals surface area contributed by atoms with E-state index in [1.54, 1.807) is 0 Å². The molecule has 4 nitrogen and oxygen atoms in total. The Kier molecular flexibility index (Phi) is 8.66. The average molecular weight is 825 g/mol. The first-order valence-corrected chi connectivity index (χ1v) is 22.3. The molecule has 0 N–H and O–H groups in total. The van der Waals surface area contributed by atoms with Crippen LogP contribution < -0.4 is 4.90 Å². The Bertz CT molecular complexity index is 3470. The van der Waals surface area contributed by atoms with Crippen LogP contribution in [0.4, 0.5) is 17.1 Å². The quantitative estimate of drug-likeness (QED) is 0.161. The summed E-state index contributed by atoms with van der Waals surface area (Å²) in [5, 5.41) is 4.90. The van der Waals surface area contributed by atoms with Gasteiger partial charge < -0.3 is 4.90 Å². The van der Waals surface area contributed by atoms with Gasteiger partial charge in [0.1, 0.15) is 0 Å². The lowest BCUT2D eigenvalue weighted by Gasteiger charge is -2.30. The maximum absolute atomic E-state index is 5.07. The SMILES string of the molecule is CC1(C)c2ccccc2-c2c(N(c3ccc(-c4ccccc4)cc3)c3cc4sc5cc(-c6nc(-c7ccccc7)nc(-c7ccccc7)n6)ccc5c4c4ccccc34)cccc21. The van der Waals surface area contributed by atoms with Crippen LogP contribution in [-0.4, -0.2) is 15.0 Å². The first-order valence-electron chi connectivity index (χ1n) is 21.4. The molecule has 0 fully saturated rings. The molecular formula is C58H40N4S. The van der Waals surface area contributed by atoms with Crippen molar-refractivity contribution in [2.24, 2.45) is 0 Å². The van der Waals surface area contributed by atoms with Crippen molar-refractivity contribution in [2.75, 3.05) is 4.90 Å². The summed E-state index contributed by atoms with van der Waals surface area (Å²) in [4.78, 5) is 17.6. The number of hydrogen-bond donors (Lipinski definition) is 0. The van der Waals surface area contributed by atoms with Gasteiger partial charge in [0.2, 0.25) is 0 Å². The molecule has 0 atom stereocenters. The van der Waals surface area contributed by atoms with Gasteiger partial charge >= 0.3 is 0 Å². The van der Waals surface area contributed by atoms with E-state index in [2.05, 4.69) is 189 Å². The zero-order chi connectivity index (χ0) is 42.1. The second-order valence-electron chi connectivity index (χ2n) is 16.8. The fourth-order valence-electron chi connectivity index (χ4n) is 9.65. The summed E-state index contributed by atoms with van der Waals surface area (Å²) in [6.07, 6.45) is 0. The van der Waals surface area contributed by atoms with Crippen LogP contribution in [-0.2, 0) is 5.41 Å². The van der Waals surface area contributed by atoms with E-state index >= 15 is 0 Å². The molecule has 12 rings (SSSR count). The number of fused-ring (bicyclic) bond motifs is 8. The minimum atomic E-state index is -0.137. The van der Waals surface area contributed by atoms with Crippen molar-refractivity contribution in [2.45, 2.75) is 19.3 Å². The zero-order valence-corrected chi connectivity index (χ0v) is 35.6. The standard InChI is InChI=1S/C58H40N4S/c1-58(2)47-26-15-14-25-45(47)54-48(58)27-16-28-49(54)62(42-32-29-38(30-33-42)37-17-6-3-7-18-37)50-36-52-53(44-24-13-12-23-43(44)50)46-34-31-41(35-51(46)63-52)57-60-55(39-19-8-4-9-20-39)59-56(61-57)40-21-10-5-11-22-40/h3-36H,1-2H3. The average Bonchev–Trinajstić information content (AvgIpc) is 3.84. The molecule has 63 heavy (non-hydrogen) atoms. The van der Waals surface area contributed by atoms with E-state index in [4.69, 9.17) is 15.0 Å². The van der Waals surface area contributed by atoms with Crippen molar-refractivity contribution in [3.05, 3.63) is 217 Å². The number of benzene rings is 9. The Morgan fingerprint density at radius 2 is 0.937 bits per heavy atom. The highest BCUT2D eigenvalue weighted by molar-refractivity contribution is 7.26. The van der Waals surface area contributed by atoms with Crippen molar-refractivity contribution in [1.29, 1.82) is 0 Å². The lowest BCUT2D eigenvalue weighted by Crippen LogP contribution is -2.16. The monoisotopic (exact) mass is 824 g/mol. The number of rotatable bonds is 7. The zero-order valence-electron chi connectivity index (χ0n) is 34.8. The van der Waals surface area contributed by atoms with Crippen LogP contribution in [0.15, 0.2) is 206 Å². The predicted octanol–water partition coefficient (Wildman–Crippen LogP) is 15.8. The molecule has 298 valence electrons. The number of thiophene rings is 1. The summed E-state index contributed by atoms with van der Waals surface area (Å²) in [7, 11) is 0. The minimum absolute atomic E-state index is 0.137. The molecule has 0 bridgehead atoms. The molecule has 1 aliphatic carbocycles. The van der Waals surface area contributed by atoms with E-state index in [1.807, 2.05) is 47.7 Å². The molecule has 0 unspecified atom stereocenters. The fourth-order valence-corrected chi connectivity index (χ4v) is 10.8. The Balaban J connectivity index is 1.07. The van der Waals surface area contributed by atoms with Crippen molar-refractivity contribution in [1.82, 2.24) is 15.0 Å². The number of nitrogens with zero attached hydrogens (tertiary/aromatic N) is 4. The van der Waals surface area contributed by atoms with Crippen LogP contribution in [0.1, 0.15) is 25.0 Å². The molecule has 0 spiro atoms. The Hall–Kier alpha value is -7.73. The van der Waals surface area contributed by atoms with Crippen LogP contribution in [0.2, 0.25) is 0 Å². The molecule has 0 saturated carbocycles. The molecule has 0 saturated heterocycles. The van der Waals surface area contributed by atoms with Gasteiger partial charge in [-0.25, -0.2) is 15.0 Å². The first kappa shape index (κ1) is 37.1. The number of aromatic nitrogens is 3. The van der Waals surface area contributed by atoms with Gasteiger partial charge in [-0.05, 0) is 63.5 Å². The third-order valence-corrected chi connectivity index (χ3v) is 13.8. The largest absolute Gasteiger partial charge is 0.309 e. The van der Waals surface area contributed by atoms with Crippen LogP contribution in [0.3, 0.4) is 0 Å². The second-order valence-corrected chi connectivity index (χ2v) is 17.9. The Morgan fingerprint density at radius 3 is 1.62 bits per heavy atom.